The molecule has 0 aromatic heterocycles. The van der Waals surface area contributed by atoms with Gasteiger partial charge in [-0.2, -0.15) is 0 Å². The van der Waals surface area contributed by atoms with Crippen LogP contribution in [0.1, 0.15) is 388 Å². The van der Waals surface area contributed by atoms with Gasteiger partial charge in [-0.15, -0.1) is 0 Å². The lowest BCUT2D eigenvalue weighted by Crippen LogP contribution is -2.30. The van der Waals surface area contributed by atoms with Crippen molar-refractivity contribution < 1.29 is 80.2 Å². The highest BCUT2D eigenvalue weighted by Gasteiger charge is 2.30. The second kappa shape index (κ2) is 66.9. The number of carbonyl (C=O) groups excluding carboxylic acids is 4. The maximum absolute atomic E-state index is 13.1. The minimum Gasteiger partial charge on any atom is -0.462 e. The molecular weight excluding hydrogens is 1230 g/mol. The van der Waals surface area contributed by atoms with Gasteiger partial charge in [0, 0.05) is 25.7 Å². The van der Waals surface area contributed by atoms with Gasteiger partial charge in [0.25, 0.3) is 0 Å². The van der Waals surface area contributed by atoms with Crippen LogP contribution in [0.2, 0.25) is 0 Å². The molecule has 17 nitrogen and oxygen atoms in total. The maximum Gasteiger partial charge on any atom is 0.472 e. The summed E-state index contributed by atoms with van der Waals surface area (Å²) in [6.45, 7) is 9.57. The zero-order valence-corrected chi connectivity index (χ0v) is 63.1. The normalized spacial score (nSPS) is 14.3. The number of hydrogen-bond acceptors (Lipinski definition) is 15. The quantitative estimate of drug-likeness (QED) is 0.0222. The molecule has 0 aliphatic rings. The summed E-state index contributed by atoms with van der Waals surface area (Å²) in [5, 5.41) is 10.6. The van der Waals surface area contributed by atoms with Crippen molar-refractivity contribution >= 4 is 39.5 Å². The third-order valence-electron chi connectivity index (χ3n) is 17.8. The Bertz CT molecular complexity index is 1820. The number of esters is 4. The van der Waals surface area contributed by atoms with Gasteiger partial charge in [0.05, 0.1) is 26.4 Å². The molecular formula is C75H146O17P2. The van der Waals surface area contributed by atoms with E-state index in [1.165, 1.54) is 199 Å². The molecule has 558 valence electrons. The summed E-state index contributed by atoms with van der Waals surface area (Å²) in [7, 11) is -9.91. The standard InChI is InChI=1S/C75H146O17P2/c1-7-10-12-14-16-18-20-22-24-26-30-34-38-45-51-57-72(77)85-63-70(91-74(79)60-54-48-40-36-32-28-27-29-33-37-43-49-55-67(4)5)65-89-93(81,82)87-61-69(76)62-88-94(83,84)90-66-71(64-86-73(78)58-52-46-42-41-44-50-56-68(6)9-3)92-75(80)59-53-47-39-35-31-25-23-21-19-17-15-13-11-8-2/h67-71,76H,7-66H2,1-6H3,(H,81,82)(H,83,84)/t68?,69-,70-,71-/m1/s1. The molecule has 0 aliphatic heterocycles. The van der Waals surface area contributed by atoms with Gasteiger partial charge in [0.1, 0.15) is 19.3 Å². The third kappa shape index (κ3) is 67.3. The van der Waals surface area contributed by atoms with E-state index in [-0.39, 0.29) is 25.7 Å². The van der Waals surface area contributed by atoms with Crippen molar-refractivity contribution in [2.45, 2.75) is 407 Å². The maximum atomic E-state index is 13.1. The molecule has 19 heteroatoms. The van der Waals surface area contributed by atoms with E-state index in [1.54, 1.807) is 0 Å². The van der Waals surface area contributed by atoms with E-state index in [2.05, 4.69) is 41.5 Å². The number of ether oxygens (including phenoxy) is 4. The minimum absolute atomic E-state index is 0.107. The highest BCUT2D eigenvalue weighted by molar-refractivity contribution is 7.47. The monoisotopic (exact) mass is 1380 g/mol. The molecule has 0 fully saturated rings. The van der Waals surface area contributed by atoms with Gasteiger partial charge >= 0.3 is 39.5 Å². The Morgan fingerprint density at radius 1 is 0.309 bits per heavy atom. The van der Waals surface area contributed by atoms with E-state index < -0.39 is 97.5 Å². The van der Waals surface area contributed by atoms with Gasteiger partial charge in [0.2, 0.25) is 0 Å². The molecule has 0 bridgehead atoms. The molecule has 3 unspecified atom stereocenters. The average molecular weight is 1380 g/mol. The van der Waals surface area contributed by atoms with Crippen molar-refractivity contribution in [1.29, 1.82) is 0 Å². The fraction of sp³-hybridized carbons (Fsp3) is 0.947. The number of unbranched alkanes of at least 4 members (excludes halogenated alkanes) is 43. The van der Waals surface area contributed by atoms with E-state index in [9.17, 15) is 43.2 Å². The second-order valence-electron chi connectivity index (χ2n) is 27.8. The predicted molar refractivity (Wildman–Crippen MR) is 381 cm³/mol. The Kier molecular flexibility index (Phi) is 65.5. The molecule has 0 heterocycles. The number of aliphatic hydroxyl groups excluding tert-OH is 1. The summed E-state index contributed by atoms with van der Waals surface area (Å²) in [5.41, 5.74) is 0. The summed E-state index contributed by atoms with van der Waals surface area (Å²) in [6.07, 6.45) is 54.0. The van der Waals surface area contributed by atoms with Gasteiger partial charge in [0.15, 0.2) is 12.2 Å². The van der Waals surface area contributed by atoms with Crippen molar-refractivity contribution in [3.05, 3.63) is 0 Å². The number of hydrogen-bond donors (Lipinski definition) is 3. The molecule has 0 aliphatic carbocycles. The first-order valence-corrected chi connectivity index (χ1v) is 42.0. The molecule has 0 spiro atoms. The zero-order chi connectivity index (χ0) is 69.3. The Morgan fingerprint density at radius 2 is 0.543 bits per heavy atom. The summed E-state index contributed by atoms with van der Waals surface area (Å²) >= 11 is 0. The molecule has 0 radical (unpaired) electrons. The van der Waals surface area contributed by atoms with Gasteiger partial charge in [-0.3, -0.25) is 37.3 Å². The number of phosphoric ester groups is 2. The molecule has 6 atom stereocenters. The summed E-state index contributed by atoms with van der Waals surface area (Å²) in [5.74, 6) is -0.608. The Morgan fingerprint density at radius 3 is 0.809 bits per heavy atom. The molecule has 0 saturated carbocycles. The van der Waals surface area contributed by atoms with Crippen LogP contribution in [-0.2, 0) is 65.4 Å². The Labute approximate surface area is 575 Å². The van der Waals surface area contributed by atoms with Crippen LogP contribution < -0.4 is 0 Å². The van der Waals surface area contributed by atoms with Crippen LogP contribution in [0.5, 0.6) is 0 Å². The predicted octanol–water partition coefficient (Wildman–Crippen LogP) is 21.9. The van der Waals surface area contributed by atoms with Gasteiger partial charge in [-0.25, -0.2) is 9.13 Å². The molecule has 94 heavy (non-hydrogen) atoms. The highest BCUT2D eigenvalue weighted by Crippen LogP contribution is 2.45. The number of aliphatic hydroxyl groups is 1. The van der Waals surface area contributed by atoms with Gasteiger partial charge in [-0.1, -0.05) is 337 Å². The van der Waals surface area contributed by atoms with E-state index in [0.717, 1.165) is 108 Å². The van der Waals surface area contributed by atoms with Gasteiger partial charge in [-0.05, 0) is 37.5 Å². The van der Waals surface area contributed by atoms with Crippen LogP contribution in [0.15, 0.2) is 0 Å². The van der Waals surface area contributed by atoms with Crippen molar-refractivity contribution in [1.82, 2.24) is 0 Å². The van der Waals surface area contributed by atoms with E-state index in [4.69, 9.17) is 37.0 Å². The van der Waals surface area contributed by atoms with Crippen LogP contribution in [0.4, 0.5) is 0 Å². The fourth-order valence-electron chi connectivity index (χ4n) is 11.4. The van der Waals surface area contributed by atoms with E-state index in [0.29, 0.717) is 25.7 Å². The van der Waals surface area contributed by atoms with Gasteiger partial charge < -0.3 is 33.8 Å². The molecule has 0 aromatic rings. The van der Waals surface area contributed by atoms with Crippen LogP contribution in [0.25, 0.3) is 0 Å². The smallest absolute Gasteiger partial charge is 0.462 e. The first kappa shape index (κ1) is 92.1. The van der Waals surface area contributed by atoms with Crippen molar-refractivity contribution in [2.75, 3.05) is 39.6 Å². The molecule has 3 N–H and O–H groups in total. The Balaban J connectivity index is 5.26. The topological polar surface area (TPSA) is 237 Å². The molecule has 0 rings (SSSR count). The van der Waals surface area contributed by atoms with Crippen LogP contribution in [0.3, 0.4) is 0 Å². The Hall–Kier alpha value is -1.94. The SMILES string of the molecule is CCCCCCCCCCCCCCCCCC(=O)OC[C@H](COP(=O)(O)OC[C@@H](O)COP(=O)(O)OC[C@@H](COC(=O)CCCCCCCCC(C)CC)OC(=O)CCCCCCCCCCCCCCCC)OC(=O)CCCCCCCCCCCCCCC(C)C. The van der Waals surface area contributed by atoms with Crippen molar-refractivity contribution in [3.8, 4) is 0 Å². The molecule has 0 amide bonds. The van der Waals surface area contributed by atoms with Crippen molar-refractivity contribution in [3.63, 3.8) is 0 Å². The summed E-state index contributed by atoms with van der Waals surface area (Å²) < 4.78 is 68.5. The van der Waals surface area contributed by atoms with E-state index >= 15 is 0 Å². The lowest BCUT2D eigenvalue weighted by atomic mass is 10.00. The summed E-state index contributed by atoms with van der Waals surface area (Å²) in [6, 6.07) is 0. The minimum atomic E-state index is -4.96. The first-order valence-electron chi connectivity index (χ1n) is 39.0. The highest BCUT2D eigenvalue weighted by atomic mass is 31.2. The average Bonchev–Trinajstić information content (AvgIpc) is 1.78. The van der Waals surface area contributed by atoms with Crippen LogP contribution >= 0.6 is 15.6 Å². The summed E-state index contributed by atoms with van der Waals surface area (Å²) in [4.78, 5) is 72.8. The fourth-order valence-corrected chi connectivity index (χ4v) is 13.0. The second-order valence-corrected chi connectivity index (χ2v) is 30.7. The lowest BCUT2D eigenvalue weighted by Gasteiger charge is -2.21. The van der Waals surface area contributed by atoms with Crippen molar-refractivity contribution in [2.24, 2.45) is 11.8 Å². The van der Waals surface area contributed by atoms with Crippen LogP contribution in [-0.4, -0.2) is 96.7 Å². The largest absolute Gasteiger partial charge is 0.472 e. The lowest BCUT2D eigenvalue weighted by molar-refractivity contribution is -0.161. The third-order valence-corrected chi connectivity index (χ3v) is 19.7. The number of rotatable bonds is 74. The van der Waals surface area contributed by atoms with E-state index in [1.807, 2.05) is 0 Å². The number of carbonyl (C=O) groups is 4. The zero-order valence-electron chi connectivity index (χ0n) is 61.3. The molecule has 0 saturated heterocycles. The molecule has 0 aromatic carbocycles. The first-order chi connectivity index (χ1) is 45.4. The number of phosphoric acid groups is 2. The van der Waals surface area contributed by atoms with Crippen LogP contribution in [0, 0.1) is 11.8 Å².